The van der Waals surface area contributed by atoms with Gasteiger partial charge < -0.3 is 11.1 Å². The van der Waals surface area contributed by atoms with Crippen LogP contribution >= 0.6 is 11.6 Å². The molecular formula is C14H11ClF2N2O. The summed E-state index contributed by atoms with van der Waals surface area (Å²) in [7, 11) is 0. The number of carbonyl (C=O) groups excluding carboxylic acids is 1. The van der Waals surface area contributed by atoms with Gasteiger partial charge in [-0.2, -0.15) is 0 Å². The van der Waals surface area contributed by atoms with Crippen molar-refractivity contribution >= 4 is 23.2 Å². The van der Waals surface area contributed by atoms with E-state index >= 15 is 0 Å². The van der Waals surface area contributed by atoms with E-state index in [-0.39, 0.29) is 17.8 Å². The highest BCUT2D eigenvalue weighted by molar-refractivity contribution is 6.31. The Balaban J connectivity index is 2.06. The molecule has 0 heterocycles. The van der Waals surface area contributed by atoms with Crippen LogP contribution in [0, 0.1) is 11.6 Å². The van der Waals surface area contributed by atoms with Gasteiger partial charge in [-0.1, -0.05) is 17.7 Å². The third-order valence-corrected chi connectivity index (χ3v) is 2.93. The van der Waals surface area contributed by atoms with Crippen LogP contribution < -0.4 is 11.1 Å². The molecule has 0 aliphatic carbocycles. The van der Waals surface area contributed by atoms with Crippen molar-refractivity contribution in [3.8, 4) is 0 Å². The van der Waals surface area contributed by atoms with Crippen LogP contribution in [0.2, 0.25) is 5.02 Å². The van der Waals surface area contributed by atoms with E-state index in [9.17, 15) is 13.6 Å². The summed E-state index contributed by atoms with van der Waals surface area (Å²) in [4.78, 5) is 11.9. The Hall–Kier alpha value is -2.14. The monoisotopic (exact) mass is 296 g/mol. The molecule has 0 aromatic heterocycles. The minimum Gasteiger partial charge on any atom is -0.398 e. The molecule has 0 atom stereocenters. The zero-order valence-corrected chi connectivity index (χ0v) is 11.0. The van der Waals surface area contributed by atoms with Crippen LogP contribution in [0.25, 0.3) is 0 Å². The molecule has 0 fully saturated rings. The van der Waals surface area contributed by atoms with Gasteiger partial charge in [0.25, 0.3) is 5.91 Å². The molecule has 0 radical (unpaired) electrons. The average Bonchev–Trinajstić information content (AvgIpc) is 2.40. The number of hydrogen-bond donors (Lipinski definition) is 2. The van der Waals surface area contributed by atoms with E-state index in [2.05, 4.69) is 5.32 Å². The van der Waals surface area contributed by atoms with Crippen molar-refractivity contribution in [2.75, 3.05) is 5.73 Å². The lowest BCUT2D eigenvalue weighted by atomic mass is 10.1. The summed E-state index contributed by atoms with van der Waals surface area (Å²) < 4.78 is 25.8. The summed E-state index contributed by atoms with van der Waals surface area (Å²) in [5, 5.41) is 3.00. The number of nitrogens with two attached hydrogens (primary N) is 1. The van der Waals surface area contributed by atoms with Crippen molar-refractivity contribution < 1.29 is 13.6 Å². The van der Waals surface area contributed by atoms with Gasteiger partial charge in [0.1, 0.15) is 0 Å². The van der Waals surface area contributed by atoms with Crippen LogP contribution in [-0.4, -0.2) is 5.91 Å². The summed E-state index contributed by atoms with van der Waals surface area (Å²) in [6.07, 6.45) is 0. The van der Waals surface area contributed by atoms with E-state index in [1.54, 1.807) is 6.07 Å². The van der Waals surface area contributed by atoms with Gasteiger partial charge in [-0.15, -0.1) is 0 Å². The fourth-order valence-corrected chi connectivity index (χ4v) is 1.85. The Kier molecular flexibility index (Phi) is 4.20. The van der Waals surface area contributed by atoms with Crippen molar-refractivity contribution in [1.29, 1.82) is 0 Å². The predicted octanol–water partition coefficient (Wildman–Crippen LogP) is 3.13. The topological polar surface area (TPSA) is 55.1 Å². The smallest absolute Gasteiger partial charge is 0.253 e. The maximum absolute atomic E-state index is 13.0. The van der Waals surface area contributed by atoms with Crippen molar-refractivity contribution in [1.82, 2.24) is 5.32 Å². The number of amides is 1. The number of anilines is 1. The molecule has 0 bridgehead atoms. The third-order valence-electron chi connectivity index (χ3n) is 2.70. The number of hydrogen-bond acceptors (Lipinski definition) is 2. The Labute approximate surface area is 119 Å². The molecular weight excluding hydrogens is 286 g/mol. The van der Waals surface area contributed by atoms with E-state index in [4.69, 9.17) is 17.3 Å². The second-order valence-corrected chi connectivity index (χ2v) is 4.60. The van der Waals surface area contributed by atoms with Gasteiger partial charge in [0.2, 0.25) is 0 Å². The molecule has 0 saturated heterocycles. The average molecular weight is 297 g/mol. The van der Waals surface area contributed by atoms with E-state index in [1.165, 1.54) is 18.2 Å². The first-order valence-electron chi connectivity index (χ1n) is 5.74. The van der Waals surface area contributed by atoms with Crippen molar-refractivity contribution in [3.05, 3.63) is 64.2 Å². The molecule has 2 aromatic carbocycles. The summed E-state index contributed by atoms with van der Waals surface area (Å²) in [6.45, 7) is 0.0676. The lowest BCUT2D eigenvalue weighted by Crippen LogP contribution is -2.23. The number of benzene rings is 2. The van der Waals surface area contributed by atoms with E-state index < -0.39 is 17.5 Å². The molecule has 2 aromatic rings. The molecule has 0 aliphatic heterocycles. The molecule has 104 valence electrons. The van der Waals surface area contributed by atoms with Gasteiger partial charge in [0.15, 0.2) is 11.6 Å². The number of halogens is 3. The minimum absolute atomic E-state index is 0.0676. The van der Waals surface area contributed by atoms with Gasteiger partial charge in [0.05, 0.1) is 5.56 Å². The van der Waals surface area contributed by atoms with Crippen LogP contribution in [-0.2, 0) is 6.54 Å². The zero-order valence-electron chi connectivity index (χ0n) is 10.3. The fourth-order valence-electron chi connectivity index (χ4n) is 1.67. The highest BCUT2D eigenvalue weighted by atomic mass is 35.5. The number of nitrogens with one attached hydrogen (secondary N) is 1. The van der Waals surface area contributed by atoms with Crippen LogP contribution in [0.1, 0.15) is 15.9 Å². The van der Waals surface area contributed by atoms with E-state index in [1.807, 2.05) is 0 Å². The van der Waals surface area contributed by atoms with Gasteiger partial charge >= 0.3 is 0 Å². The molecule has 0 aliphatic rings. The summed E-state index contributed by atoms with van der Waals surface area (Å²) in [6, 6.07) is 7.94. The minimum atomic E-state index is -0.956. The highest BCUT2D eigenvalue weighted by Crippen LogP contribution is 2.18. The molecule has 20 heavy (non-hydrogen) atoms. The third kappa shape index (κ3) is 3.24. The number of nitrogen functional groups attached to an aromatic ring is 1. The quantitative estimate of drug-likeness (QED) is 0.855. The van der Waals surface area contributed by atoms with Crippen molar-refractivity contribution in [2.24, 2.45) is 0 Å². The fraction of sp³-hybridized carbons (Fsp3) is 0.0714. The summed E-state index contributed by atoms with van der Waals surface area (Å²) in [5.41, 5.74) is 6.65. The molecule has 6 heteroatoms. The summed E-state index contributed by atoms with van der Waals surface area (Å²) >= 11 is 5.74. The molecule has 3 nitrogen and oxygen atoms in total. The SMILES string of the molecule is Nc1cc(Cl)ccc1C(=O)NCc1ccc(F)c(F)c1. The number of carbonyl (C=O) groups is 1. The molecule has 0 unspecified atom stereocenters. The van der Waals surface area contributed by atoms with Crippen LogP contribution in [0.5, 0.6) is 0 Å². The Morgan fingerprint density at radius 2 is 1.90 bits per heavy atom. The van der Waals surface area contributed by atoms with E-state index in [0.29, 0.717) is 10.6 Å². The molecule has 0 spiro atoms. The highest BCUT2D eigenvalue weighted by Gasteiger charge is 2.10. The molecule has 1 amide bonds. The maximum Gasteiger partial charge on any atom is 0.253 e. The van der Waals surface area contributed by atoms with Crippen LogP contribution in [0.15, 0.2) is 36.4 Å². The standard InChI is InChI=1S/C14H11ClF2N2O/c15-9-2-3-10(13(18)6-9)14(20)19-7-8-1-4-11(16)12(17)5-8/h1-6H,7,18H2,(H,19,20). The normalized spacial score (nSPS) is 10.3. The predicted molar refractivity (Wildman–Crippen MR) is 73.4 cm³/mol. The molecule has 0 saturated carbocycles. The van der Waals surface area contributed by atoms with E-state index in [0.717, 1.165) is 12.1 Å². The first-order chi connectivity index (χ1) is 9.47. The van der Waals surface area contributed by atoms with Crippen molar-refractivity contribution in [2.45, 2.75) is 6.54 Å². The first-order valence-corrected chi connectivity index (χ1v) is 6.12. The Bertz CT molecular complexity index is 662. The zero-order chi connectivity index (χ0) is 14.7. The number of rotatable bonds is 3. The second-order valence-electron chi connectivity index (χ2n) is 4.16. The Morgan fingerprint density at radius 1 is 1.15 bits per heavy atom. The molecule has 2 rings (SSSR count). The maximum atomic E-state index is 13.0. The van der Waals surface area contributed by atoms with Crippen LogP contribution in [0.4, 0.5) is 14.5 Å². The van der Waals surface area contributed by atoms with Gasteiger partial charge in [0, 0.05) is 17.3 Å². The van der Waals surface area contributed by atoms with Crippen molar-refractivity contribution in [3.63, 3.8) is 0 Å². The van der Waals surface area contributed by atoms with Gasteiger partial charge in [-0.25, -0.2) is 8.78 Å². The lowest BCUT2D eigenvalue weighted by Gasteiger charge is -2.08. The van der Waals surface area contributed by atoms with Gasteiger partial charge in [-0.3, -0.25) is 4.79 Å². The second kappa shape index (κ2) is 5.88. The largest absolute Gasteiger partial charge is 0.398 e. The summed E-state index contributed by atoms with van der Waals surface area (Å²) in [5.74, 6) is -2.30. The van der Waals surface area contributed by atoms with Gasteiger partial charge in [-0.05, 0) is 35.9 Å². The first kappa shape index (κ1) is 14.3. The lowest BCUT2D eigenvalue weighted by molar-refractivity contribution is 0.0951. The molecule has 3 N–H and O–H groups in total. The Morgan fingerprint density at radius 3 is 2.55 bits per heavy atom. The van der Waals surface area contributed by atoms with Crippen LogP contribution in [0.3, 0.4) is 0 Å².